The van der Waals surface area contributed by atoms with Gasteiger partial charge in [0.15, 0.2) is 0 Å². The van der Waals surface area contributed by atoms with Crippen molar-refractivity contribution in [3.63, 3.8) is 0 Å². The molecule has 0 bridgehead atoms. The Bertz CT molecular complexity index is 523. The van der Waals surface area contributed by atoms with Gasteiger partial charge in [-0.15, -0.1) is 24.8 Å². The molecule has 0 aliphatic heterocycles. The van der Waals surface area contributed by atoms with Crippen LogP contribution in [-0.2, 0) is 0 Å². The maximum absolute atomic E-state index is 12.2. The van der Waals surface area contributed by atoms with E-state index in [1.54, 1.807) is 0 Å². The minimum Gasteiger partial charge on any atom is -0.490 e. The van der Waals surface area contributed by atoms with Crippen molar-refractivity contribution in [2.75, 3.05) is 0 Å². The van der Waals surface area contributed by atoms with Crippen LogP contribution in [0.5, 0.6) is 11.5 Å². The standard InChI is InChI=1S/C14H15BrClF3O2/c1-3-13(2)11(16)7-12(13)20-8-4-5-10(9(15)6-8)21-14(17,18)19/h4-6,11-12H,3,7H2,1-2H3. The molecule has 2 nitrogen and oxygen atoms in total. The van der Waals surface area contributed by atoms with Crippen LogP contribution < -0.4 is 9.47 Å². The predicted molar refractivity (Wildman–Crippen MR) is 77.9 cm³/mol. The van der Waals surface area contributed by atoms with Gasteiger partial charge in [0.2, 0.25) is 0 Å². The molecular formula is C14H15BrClF3O2. The van der Waals surface area contributed by atoms with Gasteiger partial charge in [0.25, 0.3) is 0 Å². The summed E-state index contributed by atoms with van der Waals surface area (Å²) in [6.07, 6.45) is -3.15. The number of hydrogen-bond donors (Lipinski definition) is 0. The van der Waals surface area contributed by atoms with Gasteiger partial charge in [0.05, 0.1) is 4.47 Å². The Hall–Kier alpha value is -0.620. The highest BCUT2D eigenvalue weighted by Crippen LogP contribution is 2.49. The average Bonchev–Trinajstić information content (AvgIpc) is 2.39. The van der Waals surface area contributed by atoms with Gasteiger partial charge >= 0.3 is 6.36 Å². The highest BCUT2D eigenvalue weighted by molar-refractivity contribution is 9.10. The molecule has 21 heavy (non-hydrogen) atoms. The molecule has 0 amide bonds. The maximum Gasteiger partial charge on any atom is 0.573 e. The lowest BCUT2D eigenvalue weighted by Gasteiger charge is -2.50. The Kier molecular flexibility index (Phi) is 4.69. The number of rotatable bonds is 4. The topological polar surface area (TPSA) is 18.5 Å². The summed E-state index contributed by atoms with van der Waals surface area (Å²) in [4.78, 5) is 0. The summed E-state index contributed by atoms with van der Waals surface area (Å²) in [5.74, 6) is 0.196. The molecule has 1 aromatic rings. The summed E-state index contributed by atoms with van der Waals surface area (Å²) in [5.41, 5.74) is -0.116. The van der Waals surface area contributed by atoms with Crippen LogP contribution in [0.1, 0.15) is 26.7 Å². The molecule has 0 heterocycles. The Balaban J connectivity index is 2.08. The van der Waals surface area contributed by atoms with Crippen LogP contribution in [-0.4, -0.2) is 17.8 Å². The zero-order valence-electron chi connectivity index (χ0n) is 11.5. The molecule has 1 aliphatic carbocycles. The Morgan fingerprint density at radius 3 is 2.57 bits per heavy atom. The summed E-state index contributed by atoms with van der Waals surface area (Å²) >= 11 is 9.27. The number of ether oxygens (including phenoxy) is 2. The molecule has 3 unspecified atom stereocenters. The summed E-state index contributed by atoms with van der Waals surface area (Å²) in [7, 11) is 0. The molecule has 0 N–H and O–H groups in total. The number of halogens is 5. The molecule has 1 fully saturated rings. The third-order valence-corrected chi connectivity index (χ3v) is 5.34. The van der Waals surface area contributed by atoms with Crippen molar-refractivity contribution in [3.8, 4) is 11.5 Å². The van der Waals surface area contributed by atoms with Gasteiger partial charge < -0.3 is 9.47 Å². The van der Waals surface area contributed by atoms with Gasteiger partial charge in [-0.1, -0.05) is 13.8 Å². The smallest absolute Gasteiger partial charge is 0.490 e. The first-order chi connectivity index (χ1) is 9.65. The predicted octanol–water partition coefficient (Wildman–Crippen LogP) is 5.52. The normalized spacial score (nSPS) is 28.9. The van der Waals surface area contributed by atoms with E-state index in [1.165, 1.54) is 18.2 Å². The van der Waals surface area contributed by atoms with E-state index < -0.39 is 6.36 Å². The monoisotopic (exact) mass is 386 g/mol. The first kappa shape index (κ1) is 16.7. The lowest BCUT2D eigenvalue weighted by molar-refractivity contribution is -0.274. The van der Waals surface area contributed by atoms with Crippen molar-refractivity contribution in [2.24, 2.45) is 5.41 Å². The molecule has 7 heteroatoms. The molecule has 0 aromatic heterocycles. The van der Waals surface area contributed by atoms with Crippen molar-refractivity contribution < 1.29 is 22.6 Å². The Morgan fingerprint density at radius 2 is 2.10 bits per heavy atom. The van der Waals surface area contributed by atoms with Crippen molar-refractivity contribution >= 4 is 27.5 Å². The second-order valence-corrected chi connectivity index (χ2v) is 6.69. The highest BCUT2D eigenvalue weighted by atomic mass is 79.9. The summed E-state index contributed by atoms with van der Waals surface area (Å²) < 4.78 is 46.5. The van der Waals surface area contributed by atoms with E-state index >= 15 is 0 Å². The molecule has 1 saturated carbocycles. The largest absolute Gasteiger partial charge is 0.573 e. The first-order valence-corrected chi connectivity index (χ1v) is 7.74. The van der Waals surface area contributed by atoms with Crippen molar-refractivity contribution in [3.05, 3.63) is 22.7 Å². The minimum atomic E-state index is -4.72. The van der Waals surface area contributed by atoms with E-state index in [-0.39, 0.29) is 27.1 Å². The average molecular weight is 388 g/mol. The number of hydrogen-bond acceptors (Lipinski definition) is 2. The third kappa shape index (κ3) is 3.59. The number of alkyl halides is 4. The van der Waals surface area contributed by atoms with Crippen LogP contribution in [0, 0.1) is 5.41 Å². The van der Waals surface area contributed by atoms with E-state index in [0.29, 0.717) is 5.75 Å². The lowest BCUT2D eigenvalue weighted by Crippen LogP contribution is -2.55. The molecule has 0 spiro atoms. The maximum atomic E-state index is 12.2. The van der Waals surface area contributed by atoms with Gasteiger partial charge in [-0.05, 0) is 40.5 Å². The molecule has 3 atom stereocenters. The number of benzene rings is 1. The third-order valence-electron chi connectivity index (χ3n) is 4.04. The second-order valence-electron chi connectivity index (χ2n) is 5.31. The summed E-state index contributed by atoms with van der Waals surface area (Å²) in [6.45, 7) is 4.09. The van der Waals surface area contributed by atoms with E-state index in [4.69, 9.17) is 16.3 Å². The van der Waals surface area contributed by atoms with Crippen molar-refractivity contribution in [1.82, 2.24) is 0 Å². The fourth-order valence-electron chi connectivity index (χ4n) is 2.33. The fourth-order valence-corrected chi connectivity index (χ4v) is 3.22. The van der Waals surface area contributed by atoms with Crippen LogP contribution in [0.3, 0.4) is 0 Å². The molecule has 2 rings (SSSR count). The minimum absolute atomic E-state index is 0.0358. The van der Waals surface area contributed by atoms with E-state index in [2.05, 4.69) is 27.6 Å². The Labute approximate surface area is 134 Å². The second kappa shape index (κ2) is 5.88. The molecular weight excluding hydrogens is 373 g/mol. The summed E-state index contributed by atoms with van der Waals surface area (Å²) in [5, 5.41) is 0.0591. The van der Waals surface area contributed by atoms with E-state index in [1.807, 2.05) is 6.92 Å². The van der Waals surface area contributed by atoms with Crippen LogP contribution in [0.4, 0.5) is 13.2 Å². The van der Waals surface area contributed by atoms with Gasteiger partial charge in [0.1, 0.15) is 17.6 Å². The van der Waals surface area contributed by atoms with E-state index in [0.717, 1.165) is 12.8 Å². The molecule has 0 saturated heterocycles. The van der Waals surface area contributed by atoms with Crippen LogP contribution in [0.15, 0.2) is 22.7 Å². The Morgan fingerprint density at radius 1 is 1.43 bits per heavy atom. The van der Waals surface area contributed by atoms with Crippen molar-refractivity contribution in [1.29, 1.82) is 0 Å². The van der Waals surface area contributed by atoms with Gasteiger partial charge in [-0.25, -0.2) is 0 Å². The van der Waals surface area contributed by atoms with Crippen LogP contribution >= 0.6 is 27.5 Å². The first-order valence-electron chi connectivity index (χ1n) is 6.51. The lowest BCUT2D eigenvalue weighted by atomic mass is 9.65. The zero-order chi connectivity index (χ0) is 15.8. The van der Waals surface area contributed by atoms with Gasteiger partial charge in [-0.3, -0.25) is 0 Å². The van der Waals surface area contributed by atoms with E-state index in [9.17, 15) is 13.2 Å². The quantitative estimate of drug-likeness (QED) is 0.633. The van der Waals surface area contributed by atoms with Gasteiger partial charge in [-0.2, -0.15) is 0 Å². The molecule has 1 aliphatic rings. The van der Waals surface area contributed by atoms with Crippen LogP contribution in [0.25, 0.3) is 0 Å². The molecule has 0 radical (unpaired) electrons. The summed E-state index contributed by atoms with van der Waals surface area (Å²) in [6, 6.07) is 4.16. The molecule has 1 aromatic carbocycles. The highest BCUT2D eigenvalue weighted by Gasteiger charge is 2.51. The SMILES string of the molecule is CCC1(C)C(Cl)CC1Oc1ccc(OC(F)(F)F)c(Br)c1. The fraction of sp³-hybridized carbons (Fsp3) is 0.571. The van der Waals surface area contributed by atoms with Gasteiger partial charge in [0, 0.05) is 17.2 Å². The molecule has 118 valence electrons. The van der Waals surface area contributed by atoms with Crippen LogP contribution in [0.2, 0.25) is 0 Å². The zero-order valence-corrected chi connectivity index (χ0v) is 13.8. The van der Waals surface area contributed by atoms with Crippen molar-refractivity contribution in [2.45, 2.75) is 44.5 Å².